The average molecular weight is 373 g/mol. The first-order chi connectivity index (χ1) is 12.8. The maximum Gasteiger partial charge on any atom is 0.290 e. The molecule has 1 aliphatic heterocycles. The second-order valence-corrected chi connectivity index (χ2v) is 7.94. The third-order valence-corrected chi connectivity index (χ3v) is 4.91. The van der Waals surface area contributed by atoms with Crippen molar-refractivity contribution in [2.45, 2.75) is 46.1 Å². The quantitative estimate of drug-likeness (QED) is 0.721. The van der Waals surface area contributed by atoms with Crippen LogP contribution in [0.15, 0.2) is 35.6 Å². The van der Waals surface area contributed by atoms with Crippen LogP contribution in [0, 0.1) is 5.92 Å². The van der Waals surface area contributed by atoms with Crippen molar-refractivity contribution in [1.82, 2.24) is 9.80 Å². The predicted molar refractivity (Wildman–Crippen MR) is 108 cm³/mol. The van der Waals surface area contributed by atoms with E-state index in [1.54, 1.807) is 4.90 Å². The molecule has 1 atom stereocenters. The number of benzene rings is 1. The molecule has 1 N–H and O–H groups in total. The summed E-state index contributed by atoms with van der Waals surface area (Å²) in [7, 11) is 3.97. The number of Topliss-reactive ketones (excluding diaryl/α,β-unsaturated/α-hetero) is 1. The van der Waals surface area contributed by atoms with E-state index in [2.05, 4.69) is 11.8 Å². The number of rotatable bonds is 9. The van der Waals surface area contributed by atoms with E-state index >= 15 is 0 Å². The zero-order valence-electron chi connectivity index (χ0n) is 17.2. The van der Waals surface area contributed by atoms with Gasteiger partial charge in [-0.2, -0.15) is 0 Å². The summed E-state index contributed by atoms with van der Waals surface area (Å²) in [4.78, 5) is 29.3. The highest BCUT2D eigenvalue weighted by molar-refractivity contribution is 6.09. The average Bonchev–Trinajstić information content (AvgIpc) is 2.86. The monoisotopic (exact) mass is 372 g/mol. The van der Waals surface area contributed by atoms with E-state index in [9.17, 15) is 14.7 Å². The van der Waals surface area contributed by atoms with Gasteiger partial charge >= 0.3 is 0 Å². The highest BCUT2D eigenvalue weighted by Gasteiger charge is 2.42. The standard InChI is InChI=1S/C22H32N2O3/c1-6-16-8-10-17(11-9-16)20-19(18(25)14-15(2)3)21(26)22(27)24(20)13-7-12-23(4)5/h8-11,15,20,26H,6-7,12-14H2,1-5H3. The lowest BCUT2D eigenvalue weighted by molar-refractivity contribution is -0.129. The molecule has 27 heavy (non-hydrogen) atoms. The van der Waals surface area contributed by atoms with E-state index in [0.717, 1.165) is 24.9 Å². The molecule has 0 spiro atoms. The Balaban J connectivity index is 2.38. The SMILES string of the molecule is CCc1ccc(C2C(C(=O)CC(C)C)=C(O)C(=O)N2CCCN(C)C)cc1. The molecule has 0 aliphatic carbocycles. The van der Waals surface area contributed by atoms with Gasteiger partial charge in [0, 0.05) is 13.0 Å². The van der Waals surface area contributed by atoms with Crippen molar-refractivity contribution in [2.75, 3.05) is 27.2 Å². The normalized spacial score (nSPS) is 17.5. The molecule has 0 bridgehead atoms. The molecule has 0 saturated heterocycles. The number of aryl methyl sites for hydroxylation is 1. The largest absolute Gasteiger partial charge is 0.503 e. The van der Waals surface area contributed by atoms with Gasteiger partial charge in [0.1, 0.15) is 0 Å². The molecule has 1 heterocycles. The maximum atomic E-state index is 12.8. The fourth-order valence-electron chi connectivity index (χ4n) is 3.49. The number of aliphatic hydroxyl groups is 1. The summed E-state index contributed by atoms with van der Waals surface area (Å²) >= 11 is 0. The van der Waals surface area contributed by atoms with Crippen molar-refractivity contribution in [3.8, 4) is 0 Å². The van der Waals surface area contributed by atoms with Crippen LogP contribution in [0.5, 0.6) is 0 Å². The first-order valence-electron chi connectivity index (χ1n) is 9.77. The third-order valence-electron chi connectivity index (χ3n) is 4.91. The Bertz CT molecular complexity index is 705. The molecule has 1 aliphatic rings. The Morgan fingerprint density at radius 2 is 1.85 bits per heavy atom. The van der Waals surface area contributed by atoms with Crippen LogP contribution >= 0.6 is 0 Å². The molecule has 0 saturated carbocycles. The first-order valence-corrected chi connectivity index (χ1v) is 9.77. The molecule has 0 aromatic heterocycles. The van der Waals surface area contributed by atoms with E-state index in [-0.39, 0.29) is 23.0 Å². The van der Waals surface area contributed by atoms with Gasteiger partial charge in [-0.1, -0.05) is 45.0 Å². The van der Waals surface area contributed by atoms with E-state index in [0.29, 0.717) is 13.0 Å². The Hall–Kier alpha value is -2.14. The summed E-state index contributed by atoms with van der Waals surface area (Å²) in [6.07, 6.45) is 2.03. The predicted octanol–water partition coefficient (Wildman–Crippen LogP) is 3.51. The summed E-state index contributed by atoms with van der Waals surface area (Å²) in [5, 5.41) is 10.5. The van der Waals surface area contributed by atoms with Crippen molar-refractivity contribution in [2.24, 2.45) is 5.92 Å². The lowest BCUT2D eigenvalue weighted by atomic mass is 9.91. The Labute approximate surface area is 162 Å². The van der Waals surface area contributed by atoms with Crippen molar-refractivity contribution in [1.29, 1.82) is 0 Å². The first kappa shape index (κ1) is 21.2. The molecule has 0 fully saturated rings. The van der Waals surface area contributed by atoms with Gasteiger partial charge in [0.2, 0.25) is 0 Å². The summed E-state index contributed by atoms with van der Waals surface area (Å²) in [5.41, 5.74) is 2.33. The van der Waals surface area contributed by atoms with Crippen molar-refractivity contribution in [3.63, 3.8) is 0 Å². The zero-order valence-corrected chi connectivity index (χ0v) is 17.2. The number of nitrogens with zero attached hydrogens (tertiary/aromatic N) is 2. The number of hydrogen-bond donors (Lipinski definition) is 1. The number of carbonyl (C=O) groups excluding carboxylic acids is 2. The minimum absolute atomic E-state index is 0.143. The number of amides is 1. The second-order valence-electron chi connectivity index (χ2n) is 7.94. The summed E-state index contributed by atoms with van der Waals surface area (Å²) < 4.78 is 0. The second kappa shape index (κ2) is 9.18. The van der Waals surface area contributed by atoms with Gasteiger partial charge in [0.25, 0.3) is 5.91 Å². The summed E-state index contributed by atoms with van der Waals surface area (Å²) in [6.45, 7) is 7.35. The summed E-state index contributed by atoms with van der Waals surface area (Å²) in [6, 6.07) is 7.49. The van der Waals surface area contributed by atoms with Gasteiger partial charge in [-0.15, -0.1) is 0 Å². The van der Waals surface area contributed by atoms with E-state index < -0.39 is 11.9 Å². The van der Waals surface area contributed by atoms with Crippen molar-refractivity contribution < 1.29 is 14.7 Å². The molecule has 2 rings (SSSR count). The van der Waals surface area contributed by atoms with Gasteiger partial charge in [0.05, 0.1) is 11.6 Å². The van der Waals surface area contributed by atoms with E-state index in [1.165, 1.54) is 5.56 Å². The lowest BCUT2D eigenvalue weighted by Crippen LogP contribution is -2.33. The number of ketones is 1. The van der Waals surface area contributed by atoms with Gasteiger partial charge in [-0.05, 0) is 50.5 Å². The van der Waals surface area contributed by atoms with E-state index in [4.69, 9.17) is 0 Å². The number of aliphatic hydroxyl groups excluding tert-OH is 1. The molecular weight excluding hydrogens is 340 g/mol. The number of hydrogen-bond acceptors (Lipinski definition) is 4. The molecule has 5 nitrogen and oxygen atoms in total. The van der Waals surface area contributed by atoms with Crippen LogP contribution in [0.4, 0.5) is 0 Å². The Kier molecular flexibility index (Phi) is 7.19. The minimum Gasteiger partial charge on any atom is -0.503 e. The van der Waals surface area contributed by atoms with Crippen molar-refractivity contribution >= 4 is 11.7 Å². The van der Waals surface area contributed by atoms with Crippen LogP contribution in [0.1, 0.15) is 50.8 Å². The molecule has 5 heteroatoms. The minimum atomic E-state index is -0.503. The summed E-state index contributed by atoms with van der Waals surface area (Å²) in [5.74, 6) is -0.796. The van der Waals surface area contributed by atoms with Gasteiger partial charge in [-0.3, -0.25) is 9.59 Å². The highest BCUT2D eigenvalue weighted by Crippen LogP contribution is 2.38. The molecule has 1 aromatic rings. The van der Waals surface area contributed by atoms with Crippen LogP contribution in [0.2, 0.25) is 0 Å². The fraction of sp³-hybridized carbons (Fsp3) is 0.545. The van der Waals surface area contributed by atoms with E-state index in [1.807, 2.05) is 52.2 Å². The van der Waals surface area contributed by atoms with Crippen LogP contribution in [0.3, 0.4) is 0 Å². The van der Waals surface area contributed by atoms with Gasteiger partial charge in [0.15, 0.2) is 11.5 Å². The van der Waals surface area contributed by atoms with Gasteiger partial charge < -0.3 is 14.9 Å². The van der Waals surface area contributed by atoms with Crippen LogP contribution < -0.4 is 0 Å². The topological polar surface area (TPSA) is 60.9 Å². The molecular formula is C22H32N2O3. The van der Waals surface area contributed by atoms with Crippen molar-refractivity contribution in [3.05, 3.63) is 46.7 Å². The molecule has 148 valence electrons. The van der Waals surface area contributed by atoms with Crippen LogP contribution in [-0.2, 0) is 16.0 Å². The molecule has 1 unspecified atom stereocenters. The number of carbonyl (C=O) groups is 2. The third kappa shape index (κ3) is 4.98. The molecule has 1 aromatic carbocycles. The Morgan fingerprint density at radius 1 is 1.22 bits per heavy atom. The lowest BCUT2D eigenvalue weighted by Gasteiger charge is -2.27. The maximum absolute atomic E-state index is 12.8. The fourth-order valence-corrected chi connectivity index (χ4v) is 3.49. The molecule has 1 amide bonds. The van der Waals surface area contributed by atoms with Crippen LogP contribution in [0.25, 0.3) is 0 Å². The Morgan fingerprint density at radius 3 is 2.37 bits per heavy atom. The molecule has 0 radical (unpaired) electrons. The smallest absolute Gasteiger partial charge is 0.290 e. The zero-order chi connectivity index (χ0) is 20.1. The highest BCUT2D eigenvalue weighted by atomic mass is 16.3. The van der Waals surface area contributed by atoms with Crippen LogP contribution in [-0.4, -0.2) is 53.8 Å². The van der Waals surface area contributed by atoms with Gasteiger partial charge in [-0.25, -0.2) is 0 Å².